The number of hydrogen-bond donors (Lipinski definition) is 1. The number of benzene rings is 1. The molecule has 98 valence electrons. The predicted molar refractivity (Wildman–Crippen MR) is 76.8 cm³/mol. The van der Waals surface area contributed by atoms with Gasteiger partial charge in [0.25, 0.3) is 0 Å². The van der Waals surface area contributed by atoms with E-state index in [0.29, 0.717) is 6.04 Å². The van der Waals surface area contributed by atoms with Gasteiger partial charge in [0.1, 0.15) is 5.82 Å². The molecular weight excluding hydrogens is 222 g/mol. The Morgan fingerprint density at radius 1 is 1.33 bits per heavy atom. The van der Waals surface area contributed by atoms with Gasteiger partial charge in [0.2, 0.25) is 0 Å². The summed E-state index contributed by atoms with van der Waals surface area (Å²) in [4.78, 5) is 4.65. The number of aromatic nitrogens is 2. The molecule has 0 amide bonds. The Labute approximate surface area is 109 Å². The van der Waals surface area contributed by atoms with Crippen molar-refractivity contribution in [1.82, 2.24) is 9.55 Å². The van der Waals surface area contributed by atoms with Crippen molar-refractivity contribution >= 4 is 11.0 Å². The number of fused-ring (bicyclic) bond motifs is 1. The summed E-state index contributed by atoms with van der Waals surface area (Å²) >= 11 is 0. The van der Waals surface area contributed by atoms with E-state index in [0.717, 1.165) is 17.8 Å². The van der Waals surface area contributed by atoms with Gasteiger partial charge in [0.15, 0.2) is 0 Å². The lowest BCUT2D eigenvalue weighted by Gasteiger charge is -2.18. The average Bonchev–Trinajstić information content (AvgIpc) is 2.50. The van der Waals surface area contributed by atoms with Crippen molar-refractivity contribution in [2.45, 2.75) is 52.6 Å². The zero-order valence-electron chi connectivity index (χ0n) is 12.0. The second-order valence-electron chi connectivity index (χ2n) is 6.11. The largest absolute Gasteiger partial charge is 0.326 e. The van der Waals surface area contributed by atoms with Crippen molar-refractivity contribution in [2.24, 2.45) is 5.73 Å². The molecule has 0 saturated carbocycles. The summed E-state index contributed by atoms with van der Waals surface area (Å²) in [5.41, 5.74) is 9.43. The maximum atomic E-state index is 6.07. The molecule has 0 bridgehead atoms. The average molecular weight is 245 g/mol. The van der Waals surface area contributed by atoms with Crippen LogP contribution >= 0.6 is 0 Å². The Morgan fingerprint density at radius 3 is 2.56 bits per heavy atom. The highest BCUT2D eigenvalue weighted by Crippen LogP contribution is 2.23. The minimum atomic E-state index is -0.177. The van der Waals surface area contributed by atoms with Crippen LogP contribution in [0.1, 0.15) is 45.1 Å². The molecule has 2 N–H and O–H groups in total. The van der Waals surface area contributed by atoms with Gasteiger partial charge in [0.05, 0.1) is 11.0 Å². The zero-order chi connectivity index (χ0) is 13.5. The normalized spacial score (nSPS) is 12.6. The molecule has 3 heteroatoms. The molecule has 0 fully saturated rings. The van der Waals surface area contributed by atoms with E-state index in [4.69, 9.17) is 5.73 Å². The monoisotopic (exact) mass is 245 g/mol. The maximum absolute atomic E-state index is 6.07. The first-order valence-electron chi connectivity index (χ1n) is 6.54. The topological polar surface area (TPSA) is 43.8 Å². The highest BCUT2D eigenvalue weighted by Gasteiger charge is 2.14. The van der Waals surface area contributed by atoms with Crippen LogP contribution in [0.2, 0.25) is 0 Å². The van der Waals surface area contributed by atoms with Crippen molar-refractivity contribution in [3.8, 4) is 0 Å². The molecule has 0 radical (unpaired) electrons. The van der Waals surface area contributed by atoms with E-state index in [1.54, 1.807) is 0 Å². The number of hydrogen-bond acceptors (Lipinski definition) is 2. The van der Waals surface area contributed by atoms with Crippen LogP contribution in [0.15, 0.2) is 18.2 Å². The third-order valence-electron chi connectivity index (χ3n) is 3.11. The highest BCUT2D eigenvalue weighted by molar-refractivity contribution is 5.77. The van der Waals surface area contributed by atoms with E-state index in [9.17, 15) is 0 Å². The summed E-state index contributed by atoms with van der Waals surface area (Å²) in [5, 5.41) is 0. The Hall–Kier alpha value is -1.35. The molecule has 1 aromatic heterocycles. The second-order valence-corrected chi connectivity index (χ2v) is 6.11. The molecule has 0 atom stereocenters. The third kappa shape index (κ3) is 2.56. The van der Waals surface area contributed by atoms with E-state index < -0.39 is 0 Å². The molecule has 18 heavy (non-hydrogen) atoms. The van der Waals surface area contributed by atoms with Gasteiger partial charge in [0, 0.05) is 11.6 Å². The van der Waals surface area contributed by atoms with Gasteiger partial charge < -0.3 is 10.3 Å². The molecule has 3 nitrogen and oxygen atoms in total. The lowest BCUT2D eigenvalue weighted by atomic mass is 9.96. The van der Waals surface area contributed by atoms with Crippen LogP contribution in [-0.2, 0) is 6.42 Å². The first kappa shape index (κ1) is 13.1. The number of imidazole rings is 1. The molecule has 0 unspecified atom stereocenters. The molecule has 0 spiro atoms. The van der Waals surface area contributed by atoms with Crippen LogP contribution in [0.4, 0.5) is 0 Å². The van der Waals surface area contributed by atoms with Crippen molar-refractivity contribution in [2.75, 3.05) is 0 Å². The van der Waals surface area contributed by atoms with Gasteiger partial charge in [-0.15, -0.1) is 0 Å². The quantitative estimate of drug-likeness (QED) is 0.902. The van der Waals surface area contributed by atoms with E-state index in [1.807, 2.05) is 0 Å². The second kappa shape index (κ2) is 4.39. The van der Waals surface area contributed by atoms with Crippen LogP contribution in [-0.4, -0.2) is 15.1 Å². The summed E-state index contributed by atoms with van der Waals surface area (Å²) in [7, 11) is 0. The standard InChI is InChI=1S/C15H23N3/c1-10(2)18-11(3)17-13-8-12(6-7-14(13)18)9-15(4,5)16/h6-8,10H,9,16H2,1-5H3. The van der Waals surface area contributed by atoms with Crippen LogP contribution in [0.3, 0.4) is 0 Å². The van der Waals surface area contributed by atoms with E-state index >= 15 is 0 Å². The van der Waals surface area contributed by atoms with Crippen LogP contribution < -0.4 is 5.73 Å². The van der Waals surface area contributed by atoms with Crippen LogP contribution in [0.5, 0.6) is 0 Å². The molecule has 1 heterocycles. The van der Waals surface area contributed by atoms with E-state index in [1.165, 1.54) is 11.1 Å². The van der Waals surface area contributed by atoms with Gasteiger partial charge in [-0.2, -0.15) is 0 Å². The molecule has 0 aliphatic carbocycles. The molecule has 0 aliphatic heterocycles. The lowest BCUT2D eigenvalue weighted by Crippen LogP contribution is -2.34. The van der Waals surface area contributed by atoms with Gasteiger partial charge >= 0.3 is 0 Å². The van der Waals surface area contributed by atoms with Crippen molar-refractivity contribution in [3.63, 3.8) is 0 Å². The Morgan fingerprint density at radius 2 is 2.00 bits per heavy atom. The Kier molecular flexibility index (Phi) is 3.20. The number of rotatable bonds is 3. The van der Waals surface area contributed by atoms with Crippen molar-refractivity contribution in [3.05, 3.63) is 29.6 Å². The number of nitrogens with two attached hydrogens (primary N) is 1. The van der Waals surface area contributed by atoms with E-state index in [-0.39, 0.29) is 5.54 Å². The molecule has 1 aromatic carbocycles. The number of aryl methyl sites for hydroxylation is 1. The van der Waals surface area contributed by atoms with Gasteiger partial charge in [-0.05, 0) is 58.7 Å². The zero-order valence-corrected chi connectivity index (χ0v) is 12.0. The molecule has 2 rings (SSSR count). The van der Waals surface area contributed by atoms with Gasteiger partial charge in [-0.3, -0.25) is 0 Å². The maximum Gasteiger partial charge on any atom is 0.106 e. The summed E-state index contributed by atoms with van der Waals surface area (Å²) < 4.78 is 2.27. The van der Waals surface area contributed by atoms with Crippen molar-refractivity contribution < 1.29 is 0 Å². The lowest BCUT2D eigenvalue weighted by molar-refractivity contribution is 0.517. The first-order chi connectivity index (χ1) is 8.28. The fourth-order valence-corrected chi connectivity index (χ4v) is 2.55. The van der Waals surface area contributed by atoms with Gasteiger partial charge in [-0.25, -0.2) is 4.98 Å². The summed E-state index contributed by atoms with van der Waals surface area (Å²) in [6, 6.07) is 6.93. The smallest absolute Gasteiger partial charge is 0.106 e. The summed E-state index contributed by atoms with van der Waals surface area (Å²) in [6.45, 7) is 10.5. The number of nitrogens with zero attached hydrogens (tertiary/aromatic N) is 2. The van der Waals surface area contributed by atoms with Crippen LogP contribution in [0.25, 0.3) is 11.0 Å². The first-order valence-corrected chi connectivity index (χ1v) is 6.54. The van der Waals surface area contributed by atoms with Crippen molar-refractivity contribution in [1.29, 1.82) is 0 Å². The Bertz CT molecular complexity index is 559. The SMILES string of the molecule is Cc1nc2cc(CC(C)(C)N)ccc2n1C(C)C. The minimum absolute atomic E-state index is 0.177. The van der Waals surface area contributed by atoms with Gasteiger partial charge in [-0.1, -0.05) is 6.07 Å². The molecular formula is C15H23N3. The Balaban J connectivity index is 2.48. The fourth-order valence-electron chi connectivity index (χ4n) is 2.55. The van der Waals surface area contributed by atoms with E-state index in [2.05, 4.69) is 62.4 Å². The summed E-state index contributed by atoms with van der Waals surface area (Å²) in [6.07, 6.45) is 0.872. The summed E-state index contributed by atoms with van der Waals surface area (Å²) in [5.74, 6) is 1.07. The predicted octanol–water partition coefficient (Wildman–Crippen LogP) is 3.21. The highest BCUT2D eigenvalue weighted by atomic mass is 15.1. The third-order valence-corrected chi connectivity index (χ3v) is 3.11. The molecule has 0 aliphatic rings. The molecule has 2 aromatic rings. The van der Waals surface area contributed by atoms with Crippen LogP contribution in [0, 0.1) is 6.92 Å². The fraction of sp³-hybridized carbons (Fsp3) is 0.533. The minimum Gasteiger partial charge on any atom is -0.326 e. The molecule has 0 saturated heterocycles.